The van der Waals surface area contributed by atoms with Crippen molar-refractivity contribution in [3.63, 3.8) is 0 Å². The molecule has 0 bridgehead atoms. The van der Waals surface area contributed by atoms with E-state index < -0.39 is 12.2 Å². The number of nitrogens with zero attached hydrogens (tertiary/aromatic N) is 1. The van der Waals surface area contributed by atoms with Crippen LogP contribution in [0.3, 0.4) is 0 Å². The molecule has 2 aliphatic heterocycles. The molecule has 0 saturated carbocycles. The number of fused-ring (bicyclic) bond motifs is 1. The van der Waals surface area contributed by atoms with Gasteiger partial charge >= 0.3 is 0 Å². The number of benzene rings is 1. The molecule has 4 atom stereocenters. The highest BCUT2D eigenvalue weighted by Crippen LogP contribution is 2.29. The van der Waals surface area contributed by atoms with Gasteiger partial charge in [0.25, 0.3) is 0 Å². The molecule has 0 aromatic heterocycles. The first kappa shape index (κ1) is 14.0. The summed E-state index contributed by atoms with van der Waals surface area (Å²) < 4.78 is 5.66. The minimum Gasteiger partial charge on any atom is -0.394 e. The number of nitrogens with two attached hydrogens (primary N) is 1. The van der Waals surface area contributed by atoms with Gasteiger partial charge in [-0.25, -0.2) is 0 Å². The zero-order valence-electron chi connectivity index (χ0n) is 11.5. The van der Waals surface area contributed by atoms with Crippen molar-refractivity contribution in [1.82, 2.24) is 4.90 Å². The summed E-state index contributed by atoms with van der Waals surface area (Å²) in [6.45, 7) is 1.88. The quantitative estimate of drug-likeness (QED) is 0.694. The molecule has 5 nitrogen and oxygen atoms in total. The molecule has 1 saturated heterocycles. The second-order valence-corrected chi connectivity index (χ2v) is 5.60. The van der Waals surface area contributed by atoms with Gasteiger partial charge in [-0.2, -0.15) is 0 Å². The lowest BCUT2D eigenvalue weighted by Crippen LogP contribution is -2.51. The Labute approximate surface area is 119 Å². The van der Waals surface area contributed by atoms with Crippen LogP contribution in [0.2, 0.25) is 0 Å². The van der Waals surface area contributed by atoms with Crippen molar-refractivity contribution in [3.8, 4) is 0 Å². The number of rotatable bonds is 3. The Kier molecular flexibility index (Phi) is 4.05. The summed E-state index contributed by atoms with van der Waals surface area (Å²) in [4.78, 5) is 2.24. The Morgan fingerprint density at radius 3 is 2.70 bits per heavy atom. The minimum atomic E-state index is -0.682. The van der Waals surface area contributed by atoms with Gasteiger partial charge in [-0.05, 0) is 17.5 Å². The fourth-order valence-corrected chi connectivity index (χ4v) is 3.39. The summed E-state index contributed by atoms with van der Waals surface area (Å²) in [5.41, 5.74) is 8.44. The van der Waals surface area contributed by atoms with Gasteiger partial charge in [-0.3, -0.25) is 4.90 Å². The third kappa shape index (κ3) is 2.36. The van der Waals surface area contributed by atoms with E-state index in [0.717, 1.165) is 19.5 Å². The van der Waals surface area contributed by atoms with Crippen LogP contribution in [0, 0.1) is 0 Å². The standard InChI is InChI=1S/C15H22N2O3/c16-7-12-14(15(19)13(9-18)20-12)17-6-5-10-3-1-2-4-11(10)8-17/h1-4,12-15,18-19H,5-9,16H2/t12-,13+,14+,15+/m1/s1. The predicted molar refractivity (Wildman–Crippen MR) is 75.2 cm³/mol. The lowest BCUT2D eigenvalue weighted by molar-refractivity contribution is -0.0193. The smallest absolute Gasteiger partial charge is 0.109 e. The molecule has 4 N–H and O–H groups in total. The van der Waals surface area contributed by atoms with Crippen LogP contribution in [-0.4, -0.2) is 59.2 Å². The molecule has 1 fully saturated rings. The normalized spacial score (nSPS) is 34.1. The fraction of sp³-hybridized carbons (Fsp3) is 0.600. The molecule has 0 radical (unpaired) electrons. The highest BCUT2D eigenvalue weighted by atomic mass is 16.5. The summed E-state index contributed by atoms with van der Waals surface area (Å²) in [6, 6.07) is 8.26. The van der Waals surface area contributed by atoms with Gasteiger partial charge in [0.15, 0.2) is 0 Å². The van der Waals surface area contributed by atoms with E-state index in [4.69, 9.17) is 10.5 Å². The molecular formula is C15H22N2O3. The van der Waals surface area contributed by atoms with Crippen molar-refractivity contribution in [2.45, 2.75) is 37.3 Å². The molecule has 0 unspecified atom stereocenters. The van der Waals surface area contributed by atoms with Crippen molar-refractivity contribution >= 4 is 0 Å². The number of aliphatic hydroxyl groups excluding tert-OH is 2. The molecule has 20 heavy (non-hydrogen) atoms. The Morgan fingerprint density at radius 1 is 1.25 bits per heavy atom. The summed E-state index contributed by atoms with van der Waals surface area (Å²) in [7, 11) is 0. The van der Waals surface area contributed by atoms with E-state index in [1.807, 2.05) is 6.07 Å². The van der Waals surface area contributed by atoms with Gasteiger partial charge in [-0.15, -0.1) is 0 Å². The average molecular weight is 278 g/mol. The molecule has 2 aliphatic rings. The maximum atomic E-state index is 10.4. The molecule has 110 valence electrons. The highest BCUT2D eigenvalue weighted by Gasteiger charge is 2.46. The van der Waals surface area contributed by atoms with E-state index in [1.165, 1.54) is 11.1 Å². The summed E-state index contributed by atoms with van der Waals surface area (Å²) in [5.74, 6) is 0. The minimum absolute atomic E-state index is 0.134. The topological polar surface area (TPSA) is 79.0 Å². The Bertz CT molecular complexity index is 466. The van der Waals surface area contributed by atoms with E-state index in [9.17, 15) is 10.2 Å². The maximum Gasteiger partial charge on any atom is 0.109 e. The summed E-state index contributed by atoms with van der Waals surface area (Å²) in [6.07, 6.45) is -0.447. The van der Waals surface area contributed by atoms with Crippen LogP contribution < -0.4 is 5.73 Å². The number of hydrogen-bond acceptors (Lipinski definition) is 5. The molecule has 3 rings (SSSR count). The van der Waals surface area contributed by atoms with Gasteiger partial charge in [0, 0.05) is 19.6 Å². The monoisotopic (exact) mass is 278 g/mol. The van der Waals surface area contributed by atoms with Crippen LogP contribution in [0.5, 0.6) is 0 Å². The molecule has 1 aromatic rings. The van der Waals surface area contributed by atoms with Crippen molar-refractivity contribution in [1.29, 1.82) is 0 Å². The molecule has 0 spiro atoms. The molecule has 5 heteroatoms. The van der Waals surface area contributed by atoms with Gasteiger partial charge in [-0.1, -0.05) is 24.3 Å². The Hall–Kier alpha value is -0.980. The molecule has 1 aromatic carbocycles. The van der Waals surface area contributed by atoms with E-state index >= 15 is 0 Å². The van der Waals surface area contributed by atoms with Gasteiger partial charge in [0.1, 0.15) is 12.2 Å². The van der Waals surface area contributed by atoms with E-state index in [-0.39, 0.29) is 18.8 Å². The number of aliphatic hydroxyl groups is 2. The SMILES string of the molecule is NC[C@H]1O[C@@H](CO)[C@H](O)[C@H]1N1CCc2ccccc2C1. The zero-order chi connectivity index (χ0) is 14.1. The first-order valence-corrected chi connectivity index (χ1v) is 7.20. The Morgan fingerprint density at radius 2 is 2.00 bits per heavy atom. The van der Waals surface area contributed by atoms with Crippen molar-refractivity contribution in [3.05, 3.63) is 35.4 Å². The molecule has 2 heterocycles. The second-order valence-electron chi connectivity index (χ2n) is 5.60. The van der Waals surface area contributed by atoms with Crippen LogP contribution in [0.15, 0.2) is 24.3 Å². The first-order chi connectivity index (χ1) is 9.74. The van der Waals surface area contributed by atoms with E-state index in [2.05, 4.69) is 23.1 Å². The number of ether oxygens (including phenoxy) is 1. The maximum absolute atomic E-state index is 10.4. The lowest BCUT2D eigenvalue weighted by atomic mass is 9.95. The van der Waals surface area contributed by atoms with E-state index in [0.29, 0.717) is 6.54 Å². The van der Waals surface area contributed by atoms with Crippen LogP contribution >= 0.6 is 0 Å². The molecule has 0 aliphatic carbocycles. The summed E-state index contributed by atoms with van der Waals surface area (Å²) >= 11 is 0. The predicted octanol–water partition coefficient (Wildman–Crippen LogP) is -0.507. The third-order valence-corrected chi connectivity index (χ3v) is 4.46. The first-order valence-electron chi connectivity index (χ1n) is 7.20. The average Bonchev–Trinajstić information content (AvgIpc) is 2.82. The van der Waals surface area contributed by atoms with Crippen molar-refractivity contribution in [2.24, 2.45) is 5.73 Å². The Balaban J connectivity index is 1.79. The fourth-order valence-electron chi connectivity index (χ4n) is 3.39. The molecule has 0 amide bonds. The third-order valence-electron chi connectivity index (χ3n) is 4.46. The number of hydrogen-bond donors (Lipinski definition) is 3. The van der Waals surface area contributed by atoms with Crippen LogP contribution in [0.4, 0.5) is 0 Å². The highest BCUT2D eigenvalue weighted by molar-refractivity contribution is 5.29. The van der Waals surface area contributed by atoms with Crippen molar-refractivity contribution < 1.29 is 14.9 Å². The van der Waals surface area contributed by atoms with Gasteiger partial charge < -0.3 is 20.7 Å². The zero-order valence-corrected chi connectivity index (χ0v) is 11.5. The van der Waals surface area contributed by atoms with Crippen LogP contribution in [-0.2, 0) is 17.7 Å². The second kappa shape index (κ2) is 5.79. The summed E-state index contributed by atoms with van der Waals surface area (Å²) in [5, 5.41) is 19.6. The largest absolute Gasteiger partial charge is 0.394 e. The lowest BCUT2D eigenvalue weighted by Gasteiger charge is -2.36. The van der Waals surface area contributed by atoms with E-state index in [1.54, 1.807) is 0 Å². The molecular weight excluding hydrogens is 256 g/mol. The van der Waals surface area contributed by atoms with Crippen molar-refractivity contribution in [2.75, 3.05) is 19.7 Å². The van der Waals surface area contributed by atoms with Gasteiger partial charge in [0.05, 0.1) is 18.8 Å². The van der Waals surface area contributed by atoms with Gasteiger partial charge in [0.2, 0.25) is 0 Å². The van der Waals surface area contributed by atoms with Crippen LogP contribution in [0.25, 0.3) is 0 Å². The van der Waals surface area contributed by atoms with Crippen LogP contribution in [0.1, 0.15) is 11.1 Å².